The Kier molecular flexibility index (Phi) is 5.88. The van der Waals surface area contributed by atoms with Gasteiger partial charge in [-0.2, -0.15) is 0 Å². The van der Waals surface area contributed by atoms with E-state index in [4.69, 9.17) is 4.74 Å². The zero-order chi connectivity index (χ0) is 18.7. The van der Waals surface area contributed by atoms with Gasteiger partial charge in [0.15, 0.2) is 0 Å². The zero-order valence-corrected chi connectivity index (χ0v) is 16.7. The molecule has 0 bridgehead atoms. The van der Waals surface area contributed by atoms with Crippen molar-refractivity contribution in [1.82, 2.24) is 10.2 Å². The van der Waals surface area contributed by atoms with Gasteiger partial charge in [0.2, 0.25) is 5.91 Å². The first kappa shape index (κ1) is 19.2. The third-order valence-corrected chi connectivity index (χ3v) is 5.46. The first-order chi connectivity index (χ1) is 12.4. The average molecular weight is 360 g/mol. The number of fused-ring (bicyclic) bond motifs is 1. The highest BCUT2D eigenvalue weighted by Gasteiger charge is 2.27. The number of amides is 1. The van der Waals surface area contributed by atoms with Gasteiger partial charge < -0.3 is 15.0 Å². The third kappa shape index (κ3) is 4.38. The van der Waals surface area contributed by atoms with Gasteiger partial charge in [0.05, 0.1) is 19.3 Å². The van der Waals surface area contributed by atoms with Crippen molar-refractivity contribution < 1.29 is 9.53 Å². The minimum atomic E-state index is -0.367. The average Bonchev–Trinajstić information content (AvgIpc) is 2.62. The fourth-order valence-corrected chi connectivity index (χ4v) is 3.81. The van der Waals surface area contributed by atoms with Crippen LogP contribution in [0.3, 0.4) is 0 Å². The molecular formula is C21H33N3O2. The smallest absolute Gasteiger partial charge is 0.225 e. The molecule has 1 atom stereocenters. The number of nitrogens with zero attached hydrogens (tertiary/aromatic N) is 2. The van der Waals surface area contributed by atoms with E-state index >= 15 is 0 Å². The number of rotatable bonds is 4. The topological polar surface area (TPSA) is 44.8 Å². The van der Waals surface area contributed by atoms with E-state index in [9.17, 15) is 4.79 Å². The summed E-state index contributed by atoms with van der Waals surface area (Å²) < 4.78 is 5.53. The lowest BCUT2D eigenvalue weighted by atomic mass is 9.94. The van der Waals surface area contributed by atoms with Crippen molar-refractivity contribution in [3.05, 3.63) is 29.3 Å². The van der Waals surface area contributed by atoms with Gasteiger partial charge in [-0.3, -0.25) is 9.69 Å². The Morgan fingerprint density at radius 3 is 2.65 bits per heavy atom. The normalized spacial score (nSPS) is 19.8. The minimum absolute atomic E-state index is 0.105. The van der Waals surface area contributed by atoms with E-state index in [0.29, 0.717) is 6.54 Å². The number of benzene rings is 1. The van der Waals surface area contributed by atoms with Crippen molar-refractivity contribution in [1.29, 1.82) is 0 Å². The summed E-state index contributed by atoms with van der Waals surface area (Å²) in [6.45, 7) is 11.0. The van der Waals surface area contributed by atoms with Crippen LogP contribution in [-0.4, -0.2) is 57.2 Å². The van der Waals surface area contributed by atoms with Gasteiger partial charge in [0, 0.05) is 44.3 Å². The van der Waals surface area contributed by atoms with Crippen molar-refractivity contribution >= 4 is 11.6 Å². The molecule has 5 heteroatoms. The summed E-state index contributed by atoms with van der Waals surface area (Å²) in [7, 11) is 2.17. The standard InChI is InChI=1S/C21H33N3O2/c1-21(2,3)20(25)22-15-19(24-10-12-26-13-11-24)17-7-8-18-16(14-17)6-5-9-23(18)4/h7-8,14,19H,5-6,9-13,15H2,1-4H3,(H,22,25)/t19-/m1/s1. The molecule has 3 rings (SSSR count). The SMILES string of the molecule is CN1CCCc2cc([C@@H](CNC(=O)C(C)(C)C)N3CCOCC3)ccc21. The molecule has 1 aromatic carbocycles. The Labute approximate surface area is 157 Å². The lowest BCUT2D eigenvalue weighted by Crippen LogP contribution is -2.45. The molecule has 1 aromatic rings. The highest BCUT2D eigenvalue weighted by atomic mass is 16.5. The summed E-state index contributed by atoms with van der Waals surface area (Å²) in [5.41, 5.74) is 3.71. The lowest BCUT2D eigenvalue weighted by molar-refractivity contribution is -0.128. The molecule has 0 saturated carbocycles. The molecule has 2 heterocycles. The van der Waals surface area contributed by atoms with E-state index in [-0.39, 0.29) is 17.4 Å². The van der Waals surface area contributed by atoms with Gasteiger partial charge in [-0.25, -0.2) is 0 Å². The number of morpholine rings is 1. The number of carbonyl (C=O) groups excluding carboxylic acids is 1. The van der Waals surface area contributed by atoms with Gasteiger partial charge in [-0.15, -0.1) is 0 Å². The molecule has 5 nitrogen and oxygen atoms in total. The quantitative estimate of drug-likeness (QED) is 0.898. The van der Waals surface area contributed by atoms with Gasteiger partial charge in [-0.05, 0) is 30.0 Å². The Hall–Kier alpha value is -1.59. The summed E-state index contributed by atoms with van der Waals surface area (Å²) in [4.78, 5) is 17.2. The Morgan fingerprint density at radius 2 is 1.96 bits per heavy atom. The monoisotopic (exact) mass is 359 g/mol. The zero-order valence-electron chi connectivity index (χ0n) is 16.7. The van der Waals surface area contributed by atoms with Crippen LogP contribution in [0.15, 0.2) is 18.2 Å². The van der Waals surface area contributed by atoms with Crippen LogP contribution in [0, 0.1) is 5.41 Å². The molecule has 2 aliphatic heterocycles. The fraction of sp³-hybridized carbons (Fsp3) is 0.667. The van der Waals surface area contributed by atoms with Crippen LogP contribution in [-0.2, 0) is 16.0 Å². The van der Waals surface area contributed by atoms with E-state index in [0.717, 1.165) is 39.3 Å². The molecule has 1 saturated heterocycles. The molecular weight excluding hydrogens is 326 g/mol. The van der Waals surface area contributed by atoms with E-state index < -0.39 is 0 Å². The number of ether oxygens (including phenoxy) is 1. The van der Waals surface area contributed by atoms with Crippen LogP contribution < -0.4 is 10.2 Å². The molecule has 1 fully saturated rings. The Morgan fingerprint density at radius 1 is 1.23 bits per heavy atom. The maximum atomic E-state index is 12.4. The van der Waals surface area contributed by atoms with Crippen molar-refractivity contribution in [3.63, 3.8) is 0 Å². The van der Waals surface area contributed by atoms with E-state index in [1.165, 1.54) is 23.2 Å². The minimum Gasteiger partial charge on any atom is -0.379 e. The lowest BCUT2D eigenvalue weighted by Gasteiger charge is -2.36. The number of anilines is 1. The Balaban J connectivity index is 1.82. The van der Waals surface area contributed by atoms with Crippen molar-refractivity contribution in [3.8, 4) is 0 Å². The molecule has 2 aliphatic rings. The highest BCUT2D eigenvalue weighted by Crippen LogP contribution is 2.31. The second-order valence-corrected chi connectivity index (χ2v) is 8.54. The number of hydrogen-bond acceptors (Lipinski definition) is 4. The van der Waals surface area contributed by atoms with Crippen LogP contribution in [0.5, 0.6) is 0 Å². The first-order valence-corrected chi connectivity index (χ1v) is 9.80. The Bertz CT molecular complexity index is 633. The molecule has 0 spiro atoms. The maximum Gasteiger partial charge on any atom is 0.225 e. The van der Waals surface area contributed by atoms with Crippen LogP contribution in [0.1, 0.15) is 44.4 Å². The predicted molar refractivity (Wildman–Crippen MR) is 106 cm³/mol. The molecule has 0 aromatic heterocycles. The van der Waals surface area contributed by atoms with Gasteiger partial charge >= 0.3 is 0 Å². The van der Waals surface area contributed by atoms with Crippen molar-refractivity contribution in [2.45, 2.75) is 39.7 Å². The number of aryl methyl sites for hydroxylation is 1. The fourth-order valence-electron chi connectivity index (χ4n) is 3.81. The number of carbonyl (C=O) groups is 1. The second kappa shape index (κ2) is 7.97. The summed E-state index contributed by atoms with van der Waals surface area (Å²) in [5.74, 6) is 0.105. The molecule has 0 radical (unpaired) electrons. The molecule has 26 heavy (non-hydrogen) atoms. The molecule has 0 aliphatic carbocycles. The predicted octanol–water partition coefficient (Wildman–Crippen LogP) is 2.60. The van der Waals surface area contributed by atoms with Gasteiger partial charge in [-0.1, -0.05) is 32.9 Å². The van der Waals surface area contributed by atoms with Crippen LogP contribution in [0.25, 0.3) is 0 Å². The molecule has 1 amide bonds. The van der Waals surface area contributed by atoms with Crippen LogP contribution >= 0.6 is 0 Å². The maximum absolute atomic E-state index is 12.4. The van der Waals surface area contributed by atoms with Crippen LogP contribution in [0.2, 0.25) is 0 Å². The van der Waals surface area contributed by atoms with Crippen molar-refractivity contribution in [2.24, 2.45) is 5.41 Å². The third-order valence-electron chi connectivity index (χ3n) is 5.46. The summed E-state index contributed by atoms with van der Waals surface area (Å²) in [6, 6.07) is 7.05. The summed E-state index contributed by atoms with van der Waals surface area (Å²) in [6.07, 6.45) is 2.34. The molecule has 0 unspecified atom stereocenters. The van der Waals surface area contributed by atoms with E-state index in [2.05, 4.69) is 40.4 Å². The number of hydrogen-bond donors (Lipinski definition) is 1. The highest BCUT2D eigenvalue weighted by molar-refractivity contribution is 5.81. The number of nitrogens with one attached hydrogen (secondary N) is 1. The first-order valence-electron chi connectivity index (χ1n) is 9.80. The second-order valence-electron chi connectivity index (χ2n) is 8.54. The summed E-state index contributed by atoms with van der Waals surface area (Å²) >= 11 is 0. The van der Waals surface area contributed by atoms with Gasteiger partial charge in [0.25, 0.3) is 0 Å². The van der Waals surface area contributed by atoms with E-state index in [1.54, 1.807) is 0 Å². The van der Waals surface area contributed by atoms with Crippen molar-refractivity contribution in [2.75, 3.05) is 51.3 Å². The largest absolute Gasteiger partial charge is 0.379 e. The summed E-state index contributed by atoms with van der Waals surface area (Å²) in [5, 5.41) is 3.18. The van der Waals surface area contributed by atoms with Crippen LogP contribution in [0.4, 0.5) is 5.69 Å². The van der Waals surface area contributed by atoms with E-state index in [1.807, 2.05) is 20.8 Å². The van der Waals surface area contributed by atoms with Gasteiger partial charge in [0.1, 0.15) is 0 Å². The molecule has 144 valence electrons. The molecule has 1 N–H and O–H groups in total.